The van der Waals surface area contributed by atoms with Gasteiger partial charge in [-0.25, -0.2) is 25.3 Å². The fraction of sp³-hybridized carbons (Fsp3) is 0.0556. The zero-order valence-corrected chi connectivity index (χ0v) is 42.1. The third kappa shape index (κ3) is 12.2. The number of anilines is 3. The van der Waals surface area contributed by atoms with Gasteiger partial charge in [-0.05, 0) is 89.5 Å². The molecule has 0 heterocycles. The number of nitrogens with two attached hydrogens (primary N) is 2. The van der Waals surface area contributed by atoms with Crippen LogP contribution in [0.1, 0.15) is 15.9 Å². The Kier molecular flexibility index (Phi) is 18.0. The van der Waals surface area contributed by atoms with E-state index in [1.165, 1.54) is 38.5 Å². The largest absolute Gasteiger partial charge is 1.00 e. The van der Waals surface area contributed by atoms with Crippen LogP contribution in [-0.2, 0) is 35.1 Å². The molecule has 0 aliphatic heterocycles. The summed E-state index contributed by atoms with van der Waals surface area (Å²) in [4.78, 5) is 22.4. The molecule has 6 N–H and O–H groups in total. The second-order valence-corrected chi connectivity index (χ2v) is 16.4. The Bertz CT molecular complexity index is 3050. The van der Waals surface area contributed by atoms with E-state index in [0.29, 0.717) is 40.4 Å². The summed E-state index contributed by atoms with van der Waals surface area (Å²) in [6.07, 6.45) is 4.60. The van der Waals surface area contributed by atoms with Crippen molar-refractivity contribution in [1.82, 2.24) is 0 Å². The molecule has 0 amide bonds. The average Bonchev–Trinajstić information content (AvgIpc) is 3.18. The number of nitrogens with zero attached hydrogens (tertiary/aromatic N) is 4. The number of nitrogens with one attached hydrogen (secondary N) is 2. The van der Waals surface area contributed by atoms with Crippen LogP contribution in [0.25, 0.3) is 17.2 Å². The third-order valence-electron chi connectivity index (χ3n) is 8.54. The van der Waals surface area contributed by atoms with Crippen LogP contribution < -0.4 is 120 Å². The number of benzene rings is 4. The zero-order chi connectivity index (χ0) is 43.7. The van der Waals surface area contributed by atoms with Gasteiger partial charge in [0.25, 0.3) is 0 Å². The fourth-order valence-corrected chi connectivity index (χ4v) is 7.44. The minimum absolute atomic E-state index is 0. The summed E-state index contributed by atoms with van der Waals surface area (Å²) in [5.41, 5.74) is 15.6. The average molecular weight is 945 g/mol. The van der Waals surface area contributed by atoms with E-state index < -0.39 is 79.0 Å². The molecule has 21 nitrogen and oxygen atoms in total. The molecule has 0 saturated heterocycles. The number of hydrogen-bond donors (Lipinski definition) is 4. The normalized spacial score (nSPS) is 15.1. The molecule has 0 saturated carbocycles. The molecule has 2 aliphatic rings. The third-order valence-corrected chi connectivity index (χ3v) is 11.1. The first kappa shape index (κ1) is 53.2. The van der Waals surface area contributed by atoms with Gasteiger partial charge in [-0.15, -0.1) is 10.2 Å². The maximum Gasteiger partial charge on any atom is 1.00 e. The Morgan fingerprint density at radius 1 is 0.667 bits per heavy atom. The Morgan fingerprint density at radius 3 is 1.86 bits per heavy atom. The summed E-state index contributed by atoms with van der Waals surface area (Å²) in [6, 6.07) is 14.2. The molecule has 0 fully saturated rings. The van der Waals surface area contributed by atoms with Gasteiger partial charge in [-0.3, -0.25) is 20.4 Å². The van der Waals surface area contributed by atoms with Gasteiger partial charge < -0.3 is 34.6 Å². The van der Waals surface area contributed by atoms with Gasteiger partial charge in [-0.1, -0.05) is 12.1 Å². The molecule has 0 unspecified atom stereocenters. The Labute approximate surface area is 426 Å². The quantitative estimate of drug-likeness (QED) is 0.0257. The molecule has 310 valence electrons. The van der Waals surface area contributed by atoms with Gasteiger partial charge in [0.1, 0.15) is 64.7 Å². The first-order chi connectivity index (χ1) is 28.2. The Hall–Kier alpha value is -4.09. The molecule has 4 aromatic carbocycles. The smallest absolute Gasteiger partial charge is 0.744 e. The van der Waals surface area contributed by atoms with Gasteiger partial charge in [-0.2, -0.15) is 10.2 Å². The van der Waals surface area contributed by atoms with Crippen LogP contribution in [0.15, 0.2) is 126 Å². The molecule has 0 bridgehead atoms. The van der Waals surface area contributed by atoms with Gasteiger partial charge in [0.15, 0.2) is 5.78 Å². The van der Waals surface area contributed by atoms with Crippen LogP contribution >= 0.6 is 0 Å². The molecular weight excluding hydrogens is 918 g/mol. The first-order valence-corrected chi connectivity index (χ1v) is 20.8. The molecular formula is C36H27N8Na3O13S3. The zero-order valence-electron chi connectivity index (χ0n) is 33.6. The molecule has 6 rings (SSSR count). The van der Waals surface area contributed by atoms with Crippen LogP contribution in [0.3, 0.4) is 0 Å². The topological polar surface area (TPSA) is 350 Å². The number of fused-ring (bicyclic) bond motifs is 1. The molecule has 4 aromatic rings. The van der Waals surface area contributed by atoms with Crippen LogP contribution in [0.5, 0.6) is 11.5 Å². The maximum absolute atomic E-state index is 13.8. The van der Waals surface area contributed by atoms with Crippen molar-refractivity contribution in [3.8, 4) is 22.6 Å². The number of allylic oxidation sites excluding steroid dienone is 4. The van der Waals surface area contributed by atoms with E-state index in [4.69, 9.17) is 20.9 Å². The van der Waals surface area contributed by atoms with Crippen LogP contribution in [0, 0.1) is 0 Å². The SMILES string of the molecule is COc1cc(-c2ccc(N/N=C3/C=CC(=O)C=C3N)c(OC)c2)ccc1N=Nc1c(S(=O)(=O)[O-])cc2c(c1N)C(=O)/C(=N\Nc1ccc(S(=O)(=O)[O-])cc1)C(S(=O)(=O)[O-])=C2.[Na+].[Na+].[Na+]. The molecule has 0 aromatic heterocycles. The number of Topliss-reactive ketones (excluding diaryl/α,β-unsaturated/α-hetero) is 1. The first-order valence-electron chi connectivity index (χ1n) is 16.6. The van der Waals surface area contributed by atoms with Crippen molar-refractivity contribution in [2.24, 2.45) is 26.2 Å². The predicted molar refractivity (Wildman–Crippen MR) is 213 cm³/mol. The van der Waals surface area contributed by atoms with Crippen molar-refractivity contribution in [2.45, 2.75) is 9.79 Å². The van der Waals surface area contributed by atoms with Crippen molar-refractivity contribution < 1.29 is 147 Å². The number of hydrogen-bond acceptors (Lipinski definition) is 21. The fourth-order valence-electron chi connectivity index (χ4n) is 5.66. The van der Waals surface area contributed by atoms with Gasteiger partial charge in [0, 0.05) is 6.08 Å². The number of hydrazone groups is 2. The van der Waals surface area contributed by atoms with E-state index in [1.807, 2.05) is 0 Å². The number of carbonyl (C=O) groups is 2. The molecule has 0 radical (unpaired) electrons. The summed E-state index contributed by atoms with van der Waals surface area (Å²) in [5, 5.41) is 15.9. The second-order valence-electron chi connectivity index (χ2n) is 12.3. The van der Waals surface area contributed by atoms with E-state index in [9.17, 15) is 48.5 Å². The van der Waals surface area contributed by atoms with E-state index in [-0.39, 0.29) is 117 Å². The van der Waals surface area contributed by atoms with E-state index in [0.717, 1.165) is 24.3 Å². The molecule has 0 spiro atoms. The van der Waals surface area contributed by atoms with Crippen molar-refractivity contribution in [3.05, 3.63) is 107 Å². The summed E-state index contributed by atoms with van der Waals surface area (Å²) in [7, 11) is -13.0. The minimum atomic E-state index is -5.50. The van der Waals surface area contributed by atoms with Crippen molar-refractivity contribution >= 4 is 87.9 Å². The van der Waals surface area contributed by atoms with Crippen LogP contribution in [-0.4, -0.2) is 76.1 Å². The summed E-state index contributed by atoms with van der Waals surface area (Å²) in [5.74, 6) is -1.12. The Morgan fingerprint density at radius 2 is 1.29 bits per heavy atom. The van der Waals surface area contributed by atoms with Gasteiger partial charge in [0.05, 0.1) is 57.2 Å². The van der Waals surface area contributed by atoms with Crippen molar-refractivity contribution in [1.29, 1.82) is 0 Å². The summed E-state index contributed by atoms with van der Waals surface area (Å²) in [6.45, 7) is 0. The van der Waals surface area contributed by atoms with Gasteiger partial charge >= 0.3 is 88.7 Å². The van der Waals surface area contributed by atoms with Crippen LogP contribution in [0.2, 0.25) is 0 Å². The van der Waals surface area contributed by atoms with E-state index in [1.54, 1.807) is 30.3 Å². The van der Waals surface area contributed by atoms with Crippen molar-refractivity contribution in [3.63, 3.8) is 0 Å². The maximum atomic E-state index is 13.8. The summed E-state index contributed by atoms with van der Waals surface area (Å²) >= 11 is 0. The second kappa shape index (κ2) is 21.3. The number of ether oxygens (including phenoxy) is 2. The minimum Gasteiger partial charge on any atom is -0.744 e. The number of ketones is 2. The van der Waals surface area contributed by atoms with E-state index >= 15 is 0 Å². The number of methoxy groups -OCH3 is 2. The molecule has 2 aliphatic carbocycles. The number of nitrogen functional groups attached to an aromatic ring is 1. The monoisotopic (exact) mass is 944 g/mol. The number of azo groups is 1. The Balaban J connectivity index is 0.00000352. The van der Waals surface area contributed by atoms with Gasteiger partial charge in [0.2, 0.25) is 5.78 Å². The summed E-state index contributed by atoms with van der Waals surface area (Å²) < 4.78 is 119. The molecule has 0 atom stereocenters. The predicted octanol–water partition coefficient (Wildman–Crippen LogP) is -5.51. The number of rotatable bonds is 12. The van der Waals surface area contributed by atoms with E-state index in [2.05, 4.69) is 31.3 Å². The van der Waals surface area contributed by atoms with Crippen LogP contribution in [0.4, 0.5) is 28.4 Å². The number of carbonyl (C=O) groups excluding carboxylic acids is 2. The standard InChI is InChI=1S/C36H30N8O13S3.3Na/c1-56-28-13-18(3-10-26(28)41-40-25-12-7-22(45)17-24(25)37)19-4-11-27(29(14-19)57-2)42-43-34-30(59(50,51)52)15-20-16-31(60(53,54)55)35(36(46)32(20)33(34)38)44-39-21-5-8-23(9-6-21)58(47,48)49;;;/h3-17,39,41H,37-38H2,1-2H3,(H,47,48,49)(H,50,51,52)(H,53,54,55);;;/q;3*+1/p-3/b40-25-,43-42?,44-35-;;;. The molecule has 63 heavy (non-hydrogen) atoms. The molecule has 27 heteroatoms. The van der Waals surface area contributed by atoms with Crippen molar-refractivity contribution in [2.75, 3.05) is 30.8 Å².